The number of fused-ring (bicyclic) bond motifs is 5. The van der Waals surface area contributed by atoms with Crippen LogP contribution in [0, 0.1) is 38.7 Å². The van der Waals surface area contributed by atoms with E-state index in [0.717, 1.165) is 18.4 Å². The van der Waals surface area contributed by atoms with Gasteiger partial charge in [-0.15, -0.1) is 10.1 Å². The number of Topliss-reactive ketones (excluding diaryl/α,β-unsaturated/α-hetero) is 1. The molecule has 0 aromatic rings. The van der Waals surface area contributed by atoms with E-state index in [1.807, 2.05) is 13.0 Å². The first-order chi connectivity index (χ1) is 17.9. The van der Waals surface area contributed by atoms with E-state index in [0.29, 0.717) is 6.42 Å². The van der Waals surface area contributed by atoms with E-state index in [1.165, 1.54) is 0 Å². The van der Waals surface area contributed by atoms with E-state index in [9.17, 15) is 34.7 Å². The fourth-order valence-corrected chi connectivity index (χ4v) is 7.53. The fraction of sp³-hybridized carbons (Fsp3) is 0.731. The molecule has 0 amide bonds. The number of hydrogen-bond acceptors (Lipinski definition) is 11. The van der Waals surface area contributed by atoms with Gasteiger partial charge in [0, 0.05) is 16.7 Å². The van der Waals surface area contributed by atoms with E-state index in [4.69, 9.17) is 14.2 Å². The second kappa shape index (κ2) is 10.7. The summed E-state index contributed by atoms with van der Waals surface area (Å²) in [4.78, 5) is 51.2. The number of allylic oxidation sites excluding steroid dienone is 4. The lowest BCUT2D eigenvalue weighted by atomic mass is 9.46. The second-order valence-electron chi connectivity index (χ2n) is 11.1. The van der Waals surface area contributed by atoms with Crippen LogP contribution < -0.4 is 0 Å². The molecule has 3 fully saturated rings. The van der Waals surface area contributed by atoms with Gasteiger partial charge >= 0.3 is 6.16 Å². The van der Waals surface area contributed by atoms with Crippen molar-refractivity contribution in [1.82, 2.24) is 0 Å². The van der Waals surface area contributed by atoms with Crippen molar-refractivity contribution in [2.24, 2.45) is 28.6 Å². The van der Waals surface area contributed by atoms with Crippen molar-refractivity contribution in [2.75, 3.05) is 33.0 Å². The van der Waals surface area contributed by atoms with E-state index in [1.54, 1.807) is 12.2 Å². The Balaban J connectivity index is 1.34. The predicted octanol–water partition coefficient (Wildman–Crippen LogP) is 1.94. The largest absolute Gasteiger partial charge is 0.508 e. The van der Waals surface area contributed by atoms with Gasteiger partial charge in [0.05, 0.1) is 19.3 Å². The molecule has 12 heteroatoms. The Bertz CT molecular complexity index is 1040. The third-order valence-electron chi connectivity index (χ3n) is 9.30. The monoisotopic (exact) mass is 537 g/mol. The lowest BCUT2D eigenvalue weighted by Crippen LogP contribution is -2.61. The molecule has 7 atom stereocenters. The molecule has 0 spiro atoms. The third-order valence-corrected chi connectivity index (χ3v) is 9.30. The van der Waals surface area contributed by atoms with Crippen molar-refractivity contribution >= 4 is 17.7 Å². The van der Waals surface area contributed by atoms with E-state index in [-0.39, 0.29) is 62.8 Å². The molecule has 3 saturated carbocycles. The van der Waals surface area contributed by atoms with Gasteiger partial charge in [-0.25, -0.2) is 4.79 Å². The average molecular weight is 538 g/mol. The highest BCUT2D eigenvalue weighted by atomic mass is 17.0. The van der Waals surface area contributed by atoms with Crippen LogP contribution in [0.1, 0.15) is 46.0 Å². The molecule has 0 aromatic heterocycles. The van der Waals surface area contributed by atoms with Gasteiger partial charge in [0.15, 0.2) is 12.4 Å². The molecule has 0 aromatic carbocycles. The summed E-state index contributed by atoms with van der Waals surface area (Å²) in [5, 5.41) is 32.2. The second-order valence-corrected chi connectivity index (χ2v) is 11.1. The summed E-state index contributed by atoms with van der Waals surface area (Å²) in [7, 11) is 0. The van der Waals surface area contributed by atoms with Crippen LogP contribution >= 0.6 is 0 Å². The van der Waals surface area contributed by atoms with E-state index < -0.39 is 46.2 Å². The minimum atomic E-state index is -1.76. The molecule has 12 nitrogen and oxygen atoms in total. The summed E-state index contributed by atoms with van der Waals surface area (Å²) in [6, 6.07) is 0. The van der Waals surface area contributed by atoms with Crippen LogP contribution in [0.5, 0.6) is 0 Å². The van der Waals surface area contributed by atoms with E-state index >= 15 is 0 Å². The van der Waals surface area contributed by atoms with Crippen LogP contribution in [0.15, 0.2) is 23.8 Å². The molecule has 0 saturated heterocycles. The van der Waals surface area contributed by atoms with Gasteiger partial charge in [-0.05, 0) is 56.1 Å². The average Bonchev–Trinajstić information content (AvgIpc) is 3.13. The Hall–Kier alpha value is -2.83. The van der Waals surface area contributed by atoms with Gasteiger partial charge in [-0.2, -0.15) is 0 Å². The number of rotatable bonds is 10. The molecule has 0 unspecified atom stereocenters. The smallest absolute Gasteiger partial charge is 0.432 e. The maximum atomic E-state index is 13.2. The van der Waals surface area contributed by atoms with Crippen LogP contribution in [-0.4, -0.2) is 77.8 Å². The molecule has 4 aliphatic rings. The predicted molar refractivity (Wildman–Crippen MR) is 129 cm³/mol. The Morgan fingerprint density at radius 3 is 2.63 bits per heavy atom. The molecule has 2 N–H and O–H groups in total. The van der Waals surface area contributed by atoms with Gasteiger partial charge in [-0.1, -0.05) is 25.5 Å². The first-order valence-electron chi connectivity index (χ1n) is 12.9. The van der Waals surface area contributed by atoms with Gasteiger partial charge < -0.3 is 29.3 Å². The van der Waals surface area contributed by atoms with Crippen molar-refractivity contribution in [1.29, 1.82) is 0 Å². The Labute approximate surface area is 220 Å². The van der Waals surface area contributed by atoms with Crippen molar-refractivity contribution < 1.29 is 48.7 Å². The molecule has 0 aliphatic heterocycles. The number of aliphatic hydroxyl groups excluding tert-OH is 1. The Morgan fingerprint density at radius 1 is 1.16 bits per heavy atom. The molecule has 4 rings (SSSR count). The zero-order valence-electron chi connectivity index (χ0n) is 21.6. The summed E-state index contributed by atoms with van der Waals surface area (Å²) in [5.74, 6) is -0.754. The van der Waals surface area contributed by atoms with Crippen LogP contribution in [0.2, 0.25) is 0 Å². The quantitative estimate of drug-likeness (QED) is 0.180. The lowest BCUT2D eigenvalue weighted by Gasteiger charge is -2.59. The lowest BCUT2D eigenvalue weighted by molar-refractivity contribution is -0.758. The standard InChI is InChI=1S/C26H35NO11/c1-24-7-5-17(28)13-16(24)3-4-18-19-6-8-26(32,25(19,2)14-20(29)22(18)24)21(30)15-37-23(31)36-11-9-35-10-12-38-27(33)34/h5,7,13,18-20,22,29,32H,3-4,6,8-12,14-15H2,1-2H3/t18-,19-,20-,22+,24-,25-,26-/m0/s1. The zero-order chi connectivity index (χ0) is 27.7. The van der Waals surface area contributed by atoms with Gasteiger partial charge in [-0.3, -0.25) is 9.59 Å². The number of carbonyl (C=O) groups is 3. The first kappa shape index (κ1) is 28.2. The van der Waals surface area contributed by atoms with Crippen molar-refractivity contribution in [2.45, 2.75) is 57.7 Å². The van der Waals surface area contributed by atoms with E-state index in [2.05, 4.69) is 11.8 Å². The zero-order valence-corrected chi connectivity index (χ0v) is 21.6. The number of ether oxygens (including phenoxy) is 3. The van der Waals surface area contributed by atoms with Crippen LogP contribution in [0.3, 0.4) is 0 Å². The highest BCUT2D eigenvalue weighted by Crippen LogP contribution is 2.67. The molecule has 0 bridgehead atoms. The summed E-state index contributed by atoms with van der Waals surface area (Å²) in [6.07, 6.45) is 5.77. The van der Waals surface area contributed by atoms with Crippen LogP contribution in [0.25, 0.3) is 0 Å². The topological polar surface area (TPSA) is 172 Å². The van der Waals surface area contributed by atoms with Gasteiger partial charge in [0.2, 0.25) is 5.78 Å². The molecular weight excluding hydrogens is 502 g/mol. The Morgan fingerprint density at radius 2 is 1.89 bits per heavy atom. The van der Waals surface area contributed by atoms with Gasteiger partial charge in [0.1, 0.15) is 18.8 Å². The van der Waals surface area contributed by atoms with Crippen LogP contribution in [-0.2, 0) is 28.6 Å². The number of aliphatic hydroxyl groups is 2. The highest BCUT2D eigenvalue weighted by molar-refractivity contribution is 6.01. The minimum Gasteiger partial charge on any atom is -0.432 e. The van der Waals surface area contributed by atoms with Gasteiger partial charge in [0.25, 0.3) is 5.09 Å². The maximum Gasteiger partial charge on any atom is 0.508 e. The maximum absolute atomic E-state index is 13.2. The third kappa shape index (κ3) is 4.96. The SMILES string of the molecule is C[C@]12C=CC(=O)C=C1CC[C@@H]1[C@@H]2[C@@H](O)C[C@@]2(C)[C@H]1CC[C@]2(O)C(=O)COC(=O)OCCOCCO[N+](=O)[O-]. The minimum absolute atomic E-state index is 0.0161. The first-order valence-corrected chi connectivity index (χ1v) is 12.9. The van der Waals surface area contributed by atoms with Crippen molar-refractivity contribution in [3.05, 3.63) is 33.9 Å². The molecule has 0 heterocycles. The Kier molecular flexibility index (Phi) is 7.96. The molecule has 0 radical (unpaired) electrons. The number of carbonyl (C=O) groups excluding carboxylic acids is 3. The fourth-order valence-electron chi connectivity index (χ4n) is 7.53. The summed E-state index contributed by atoms with van der Waals surface area (Å²) in [6.45, 7) is 2.66. The summed E-state index contributed by atoms with van der Waals surface area (Å²) >= 11 is 0. The normalized spacial score (nSPS) is 37.4. The highest BCUT2D eigenvalue weighted by Gasteiger charge is 2.68. The molecular formula is C26H35NO11. The van der Waals surface area contributed by atoms with Crippen LogP contribution in [0.4, 0.5) is 4.79 Å². The summed E-state index contributed by atoms with van der Waals surface area (Å²) in [5.41, 5.74) is -2.08. The molecule has 4 aliphatic carbocycles. The number of nitrogens with zero attached hydrogens (tertiary/aromatic N) is 1. The molecule has 210 valence electrons. The molecule has 38 heavy (non-hydrogen) atoms. The summed E-state index contributed by atoms with van der Waals surface area (Å²) < 4.78 is 14.8. The number of ketones is 2. The number of hydrogen-bond donors (Lipinski definition) is 2. The van der Waals surface area contributed by atoms with Crippen molar-refractivity contribution in [3.63, 3.8) is 0 Å². The van der Waals surface area contributed by atoms with Crippen molar-refractivity contribution in [3.8, 4) is 0 Å².